The number of hydrogen-bond acceptors (Lipinski definition) is 6. The number of ether oxygens (including phenoxy) is 3. The van der Waals surface area contributed by atoms with Gasteiger partial charge in [0, 0.05) is 5.41 Å². The Hall–Kier alpha value is -2.37. The first-order valence-corrected chi connectivity index (χ1v) is 9.83. The summed E-state index contributed by atoms with van der Waals surface area (Å²) in [6.45, 7) is 3.39. The van der Waals surface area contributed by atoms with Crippen molar-refractivity contribution in [1.82, 2.24) is 0 Å². The van der Waals surface area contributed by atoms with Gasteiger partial charge in [-0.3, -0.25) is 9.59 Å². The highest BCUT2D eigenvalue weighted by atomic mass is 16.6. The number of rotatable bonds is 4. The van der Waals surface area contributed by atoms with Gasteiger partial charge in [-0.1, -0.05) is 6.92 Å². The highest BCUT2D eigenvalue weighted by Gasteiger charge is 2.46. The van der Waals surface area contributed by atoms with E-state index < -0.39 is 11.0 Å². The number of hydrogen-bond donors (Lipinski definition) is 0. The fraction of sp³-hybridized carbons (Fsp3) is 0.591. The molecule has 28 heavy (non-hydrogen) atoms. The van der Waals surface area contributed by atoms with Crippen LogP contribution < -0.4 is 4.74 Å². The lowest BCUT2D eigenvalue weighted by Gasteiger charge is -2.38. The van der Waals surface area contributed by atoms with E-state index in [1.807, 2.05) is 6.92 Å². The summed E-state index contributed by atoms with van der Waals surface area (Å²) >= 11 is 0. The van der Waals surface area contributed by atoms with Crippen LogP contribution in [0.3, 0.4) is 0 Å². The van der Waals surface area contributed by atoms with Gasteiger partial charge in [0.15, 0.2) is 0 Å². The van der Waals surface area contributed by atoms with Crippen LogP contribution in [0.4, 0.5) is 0 Å². The maximum Gasteiger partial charge on any atom is 0.338 e. The Morgan fingerprint density at radius 1 is 1.07 bits per heavy atom. The van der Waals surface area contributed by atoms with Crippen molar-refractivity contribution in [3.63, 3.8) is 0 Å². The average molecular weight is 388 g/mol. The number of Topliss-reactive ketones (excluding diaryl/α,β-unsaturated/α-hetero) is 1. The van der Waals surface area contributed by atoms with Crippen LogP contribution in [0.15, 0.2) is 24.3 Å². The van der Waals surface area contributed by atoms with Gasteiger partial charge in [-0.15, -0.1) is 0 Å². The predicted octanol–water partition coefficient (Wildman–Crippen LogP) is 3.86. The lowest BCUT2D eigenvalue weighted by molar-refractivity contribution is -0.165. The van der Waals surface area contributed by atoms with Gasteiger partial charge in [0.05, 0.1) is 19.1 Å². The quantitative estimate of drug-likeness (QED) is 0.729. The molecule has 0 amide bonds. The van der Waals surface area contributed by atoms with Crippen LogP contribution in [-0.2, 0) is 19.1 Å². The summed E-state index contributed by atoms with van der Waals surface area (Å²) in [6, 6.07) is 6.81. The minimum absolute atomic E-state index is 0.0311. The summed E-state index contributed by atoms with van der Waals surface area (Å²) in [6.07, 6.45) is 3.85. The Bertz CT molecular complexity index is 745. The van der Waals surface area contributed by atoms with Crippen LogP contribution in [0, 0.1) is 5.41 Å². The highest BCUT2D eigenvalue weighted by molar-refractivity contribution is 5.89. The molecule has 2 fully saturated rings. The predicted molar refractivity (Wildman–Crippen MR) is 102 cm³/mol. The van der Waals surface area contributed by atoms with E-state index in [1.54, 1.807) is 38.3 Å². The molecule has 6 nitrogen and oxygen atoms in total. The summed E-state index contributed by atoms with van der Waals surface area (Å²) in [7, 11) is 1.57. The maximum atomic E-state index is 12.4. The fourth-order valence-corrected chi connectivity index (χ4v) is 4.07. The normalized spacial score (nSPS) is 30.2. The zero-order valence-corrected chi connectivity index (χ0v) is 16.8. The van der Waals surface area contributed by atoms with Crippen LogP contribution in [0.1, 0.15) is 69.2 Å². The van der Waals surface area contributed by atoms with Crippen molar-refractivity contribution in [3.8, 4) is 5.75 Å². The fourth-order valence-electron chi connectivity index (χ4n) is 4.07. The van der Waals surface area contributed by atoms with E-state index in [1.165, 1.54) is 0 Å². The van der Waals surface area contributed by atoms with Crippen molar-refractivity contribution < 1.29 is 28.6 Å². The Labute approximate surface area is 165 Å². The molecule has 1 aliphatic carbocycles. The summed E-state index contributed by atoms with van der Waals surface area (Å²) in [4.78, 5) is 36.6. The molecule has 1 unspecified atom stereocenters. The van der Waals surface area contributed by atoms with Gasteiger partial charge < -0.3 is 14.2 Å². The molecular weight excluding hydrogens is 360 g/mol. The zero-order chi connectivity index (χ0) is 20.4. The van der Waals surface area contributed by atoms with Gasteiger partial charge in [-0.25, -0.2) is 4.79 Å². The Morgan fingerprint density at radius 3 is 2.29 bits per heavy atom. The molecule has 6 heteroatoms. The van der Waals surface area contributed by atoms with E-state index in [0.717, 1.165) is 0 Å². The van der Waals surface area contributed by atoms with E-state index in [9.17, 15) is 14.4 Å². The first-order chi connectivity index (χ1) is 13.3. The molecule has 1 aromatic rings. The third-order valence-electron chi connectivity index (χ3n) is 6.29. The topological polar surface area (TPSA) is 78.9 Å². The average Bonchev–Trinajstić information content (AvgIpc) is 2.80. The first-order valence-electron chi connectivity index (χ1n) is 9.83. The van der Waals surface area contributed by atoms with Gasteiger partial charge in [0.1, 0.15) is 23.2 Å². The van der Waals surface area contributed by atoms with Crippen molar-refractivity contribution in [2.75, 3.05) is 7.11 Å². The molecule has 0 bridgehead atoms. The third kappa shape index (κ3) is 4.37. The summed E-state index contributed by atoms with van der Waals surface area (Å²) in [5.41, 5.74) is -0.690. The van der Waals surface area contributed by atoms with E-state index in [4.69, 9.17) is 14.2 Å². The van der Waals surface area contributed by atoms with Crippen molar-refractivity contribution in [3.05, 3.63) is 29.8 Å². The van der Waals surface area contributed by atoms with Crippen LogP contribution in [0.25, 0.3) is 0 Å². The summed E-state index contributed by atoms with van der Waals surface area (Å²) < 4.78 is 16.5. The van der Waals surface area contributed by atoms with Crippen molar-refractivity contribution >= 4 is 17.7 Å². The molecule has 1 aliphatic heterocycles. The molecule has 1 atom stereocenters. The molecular formula is C22H28O6. The number of carbonyl (C=O) groups is 3. The van der Waals surface area contributed by atoms with Crippen LogP contribution in [-0.4, -0.2) is 36.5 Å². The van der Waals surface area contributed by atoms with Crippen LogP contribution in [0.5, 0.6) is 5.75 Å². The third-order valence-corrected chi connectivity index (χ3v) is 6.29. The largest absolute Gasteiger partial charge is 0.497 e. The number of esters is 2. The van der Waals surface area contributed by atoms with Crippen molar-refractivity contribution in [2.45, 2.75) is 70.5 Å². The molecule has 152 valence electrons. The van der Waals surface area contributed by atoms with E-state index in [-0.39, 0.29) is 30.2 Å². The minimum atomic E-state index is -0.641. The number of ketones is 1. The van der Waals surface area contributed by atoms with Gasteiger partial charge >= 0.3 is 11.9 Å². The molecule has 1 heterocycles. The summed E-state index contributed by atoms with van der Waals surface area (Å²) in [5.74, 6) is 0.0574. The second kappa shape index (κ2) is 7.94. The van der Waals surface area contributed by atoms with Crippen LogP contribution >= 0.6 is 0 Å². The zero-order valence-electron chi connectivity index (χ0n) is 16.8. The Morgan fingerprint density at radius 2 is 1.71 bits per heavy atom. The van der Waals surface area contributed by atoms with Gasteiger partial charge in [0.2, 0.25) is 0 Å². The van der Waals surface area contributed by atoms with Crippen molar-refractivity contribution in [2.24, 2.45) is 5.41 Å². The smallest absolute Gasteiger partial charge is 0.338 e. The summed E-state index contributed by atoms with van der Waals surface area (Å²) in [5, 5.41) is 0. The molecule has 2 aliphatic rings. The number of methoxy groups -OCH3 is 1. The second-order valence-corrected chi connectivity index (χ2v) is 8.28. The maximum absolute atomic E-state index is 12.4. The molecule has 3 rings (SSSR count). The Balaban J connectivity index is 1.58. The molecule has 1 saturated heterocycles. The second-order valence-electron chi connectivity index (χ2n) is 8.28. The highest BCUT2D eigenvalue weighted by Crippen LogP contribution is 2.44. The molecule has 1 spiro atoms. The first kappa shape index (κ1) is 20.4. The number of benzene rings is 1. The van der Waals surface area contributed by atoms with E-state index >= 15 is 0 Å². The van der Waals surface area contributed by atoms with Crippen LogP contribution in [0.2, 0.25) is 0 Å². The minimum Gasteiger partial charge on any atom is -0.497 e. The van der Waals surface area contributed by atoms with Crippen molar-refractivity contribution in [1.29, 1.82) is 0 Å². The SMILES string of the molecule is COc1ccc(C(=O)OC2CCC3(CC2)CCC(C)(C(C)=O)CC(=O)O3)cc1. The monoisotopic (exact) mass is 388 g/mol. The van der Waals surface area contributed by atoms with Gasteiger partial charge in [0.25, 0.3) is 0 Å². The van der Waals surface area contributed by atoms with Gasteiger partial charge in [-0.2, -0.15) is 0 Å². The lowest BCUT2D eigenvalue weighted by Crippen LogP contribution is -2.40. The molecule has 0 radical (unpaired) electrons. The molecule has 1 aromatic carbocycles. The van der Waals surface area contributed by atoms with E-state index in [0.29, 0.717) is 49.8 Å². The Kier molecular flexibility index (Phi) is 5.77. The van der Waals surface area contributed by atoms with E-state index in [2.05, 4.69) is 0 Å². The number of carbonyl (C=O) groups excluding carboxylic acids is 3. The molecule has 0 aromatic heterocycles. The standard InChI is InChI=1S/C22H28O6/c1-15(23)21(2)12-13-22(28-19(24)14-21)10-8-18(9-11-22)27-20(25)16-4-6-17(26-3)7-5-16/h4-7,18H,8-14H2,1-3H3. The lowest BCUT2D eigenvalue weighted by atomic mass is 9.74. The molecule has 0 N–H and O–H groups in total. The molecule has 1 saturated carbocycles. The van der Waals surface area contributed by atoms with Gasteiger partial charge in [-0.05, 0) is 69.7 Å².